The van der Waals surface area contributed by atoms with Gasteiger partial charge in [0.1, 0.15) is 18.0 Å². The van der Waals surface area contributed by atoms with Crippen LogP contribution in [0, 0.1) is 16.0 Å². The minimum atomic E-state index is -0.502. The minimum Gasteiger partial charge on any atom is -0.444 e. The quantitative estimate of drug-likeness (QED) is 0.629. The zero-order chi connectivity index (χ0) is 15.6. The molecule has 116 valence electrons. The Hall–Kier alpha value is -2.12. The first-order chi connectivity index (χ1) is 9.74. The van der Waals surface area contributed by atoms with Crippen LogP contribution in [0.4, 0.5) is 10.5 Å². The van der Waals surface area contributed by atoms with Gasteiger partial charge in [-0.15, -0.1) is 0 Å². The van der Waals surface area contributed by atoms with Crippen molar-refractivity contribution >= 4 is 11.8 Å². The first kappa shape index (κ1) is 15.3. The van der Waals surface area contributed by atoms with Gasteiger partial charge in [0.05, 0.1) is 4.92 Å². The second-order valence-electron chi connectivity index (χ2n) is 6.26. The zero-order valence-electron chi connectivity index (χ0n) is 12.5. The fourth-order valence-corrected chi connectivity index (χ4v) is 2.29. The number of likely N-dealkylation sites (tertiary alicyclic amines) is 1. The van der Waals surface area contributed by atoms with E-state index in [1.807, 2.05) is 20.8 Å². The van der Waals surface area contributed by atoms with Crippen molar-refractivity contribution in [3.05, 3.63) is 22.5 Å². The fraction of sp³-hybridized carbons (Fsp3) is 0.692. The molecule has 1 aliphatic heterocycles. The standard InChI is InChI=1S/C13H20N4O4/c1-13(2,3)21-12(18)15-5-4-10(7-15)8-16-9-11(6-14-16)17(19)20/h6,9-10H,4-5,7-8H2,1-3H3/t10-/m0/s1. The van der Waals surface area contributed by atoms with Gasteiger partial charge in [-0.1, -0.05) is 0 Å². The van der Waals surface area contributed by atoms with Gasteiger partial charge in [0.2, 0.25) is 0 Å². The molecule has 0 N–H and O–H groups in total. The van der Waals surface area contributed by atoms with Crippen molar-refractivity contribution in [2.75, 3.05) is 13.1 Å². The van der Waals surface area contributed by atoms with E-state index in [9.17, 15) is 14.9 Å². The Bertz CT molecular complexity index is 535. The number of hydrogen-bond donors (Lipinski definition) is 0. The molecule has 1 fully saturated rings. The molecule has 21 heavy (non-hydrogen) atoms. The molecule has 0 spiro atoms. The van der Waals surface area contributed by atoms with Gasteiger partial charge in [-0.3, -0.25) is 14.8 Å². The first-order valence-electron chi connectivity index (χ1n) is 6.89. The number of rotatable bonds is 3. The molecule has 1 saturated heterocycles. The van der Waals surface area contributed by atoms with Crippen LogP contribution in [-0.2, 0) is 11.3 Å². The second-order valence-corrected chi connectivity index (χ2v) is 6.26. The van der Waals surface area contributed by atoms with Crippen molar-refractivity contribution in [1.29, 1.82) is 0 Å². The fourth-order valence-electron chi connectivity index (χ4n) is 2.29. The Kier molecular flexibility index (Phi) is 4.15. The number of carbonyl (C=O) groups is 1. The molecule has 1 atom stereocenters. The molecule has 0 unspecified atom stereocenters. The van der Waals surface area contributed by atoms with E-state index in [1.54, 1.807) is 9.58 Å². The van der Waals surface area contributed by atoms with E-state index in [0.717, 1.165) is 6.42 Å². The Morgan fingerprint density at radius 1 is 1.57 bits per heavy atom. The van der Waals surface area contributed by atoms with Crippen LogP contribution in [0.3, 0.4) is 0 Å². The Morgan fingerprint density at radius 3 is 2.86 bits per heavy atom. The molecule has 2 heterocycles. The lowest BCUT2D eigenvalue weighted by Gasteiger charge is -2.24. The second kappa shape index (κ2) is 5.71. The van der Waals surface area contributed by atoms with Crippen molar-refractivity contribution in [1.82, 2.24) is 14.7 Å². The van der Waals surface area contributed by atoms with Crippen LogP contribution in [-0.4, -0.2) is 44.4 Å². The molecule has 2 rings (SSSR count). The third-order valence-corrected chi connectivity index (χ3v) is 3.21. The van der Waals surface area contributed by atoms with Gasteiger partial charge in [-0.2, -0.15) is 5.10 Å². The van der Waals surface area contributed by atoms with Gasteiger partial charge in [0.15, 0.2) is 0 Å². The third kappa shape index (κ3) is 4.17. The summed E-state index contributed by atoms with van der Waals surface area (Å²) in [6.07, 6.45) is 3.18. The first-order valence-corrected chi connectivity index (χ1v) is 6.89. The highest BCUT2D eigenvalue weighted by atomic mass is 16.6. The molecule has 1 amide bonds. The number of hydrogen-bond acceptors (Lipinski definition) is 5. The van der Waals surface area contributed by atoms with Crippen molar-refractivity contribution in [3.8, 4) is 0 Å². The SMILES string of the molecule is CC(C)(C)OC(=O)N1CC[C@H](Cn2cc([N+](=O)[O-])cn2)C1. The highest BCUT2D eigenvalue weighted by Gasteiger charge is 2.30. The maximum atomic E-state index is 11.9. The molecule has 8 nitrogen and oxygen atoms in total. The summed E-state index contributed by atoms with van der Waals surface area (Å²) < 4.78 is 6.89. The molecule has 1 aliphatic rings. The lowest BCUT2D eigenvalue weighted by molar-refractivity contribution is -0.385. The molecule has 0 aromatic carbocycles. The number of ether oxygens (including phenoxy) is 1. The van der Waals surface area contributed by atoms with Crippen LogP contribution in [0.25, 0.3) is 0 Å². The van der Waals surface area contributed by atoms with Crippen molar-refractivity contribution in [2.24, 2.45) is 5.92 Å². The molecule has 1 aromatic heterocycles. The Balaban J connectivity index is 1.87. The van der Waals surface area contributed by atoms with E-state index >= 15 is 0 Å². The lowest BCUT2D eigenvalue weighted by Crippen LogP contribution is -2.35. The Labute approximate surface area is 122 Å². The number of nitro groups is 1. The largest absolute Gasteiger partial charge is 0.444 e. The molecule has 0 bridgehead atoms. The minimum absolute atomic E-state index is 0.0167. The van der Waals surface area contributed by atoms with Crippen molar-refractivity contribution in [3.63, 3.8) is 0 Å². The average Bonchev–Trinajstić information content (AvgIpc) is 2.96. The summed E-state index contributed by atoms with van der Waals surface area (Å²) in [6, 6.07) is 0. The topological polar surface area (TPSA) is 90.5 Å². The van der Waals surface area contributed by atoms with Gasteiger partial charge in [0, 0.05) is 19.6 Å². The Morgan fingerprint density at radius 2 is 2.29 bits per heavy atom. The predicted octanol–water partition coefficient (Wildman–Crippen LogP) is 2.05. The van der Waals surface area contributed by atoms with E-state index in [0.29, 0.717) is 19.6 Å². The summed E-state index contributed by atoms with van der Waals surface area (Å²) in [4.78, 5) is 23.8. The van der Waals surface area contributed by atoms with Crippen LogP contribution in [0.2, 0.25) is 0 Å². The molecule has 0 radical (unpaired) electrons. The highest BCUT2D eigenvalue weighted by molar-refractivity contribution is 5.68. The number of carbonyl (C=O) groups excluding carboxylic acids is 1. The average molecular weight is 296 g/mol. The van der Waals surface area contributed by atoms with Gasteiger partial charge in [-0.05, 0) is 33.1 Å². The molecule has 0 aliphatic carbocycles. The highest BCUT2D eigenvalue weighted by Crippen LogP contribution is 2.21. The molecular formula is C13H20N4O4. The number of amides is 1. The zero-order valence-corrected chi connectivity index (χ0v) is 12.5. The van der Waals surface area contributed by atoms with Crippen molar-refractivity contribution in [2.45, 2.75) is 39.3 Å². The lowest BCUT2D eigenvalue weighted by atomic mass is 10.1. The smallest absolute Gasteiger partial charge is 0.410 e. The summed E-state index contributed by atoms with van der Waals surface area (Å²) in [5.41, 5.74) is -0.519. The van der Waals surface area contributed by atoms with Crippen LogP contribution >= 0.6 is 0 Å². The number of nitrogens with zero attached hydrogens (tertiary/aromatic N) is 4. The maximum absolute atomic E-state index is 11.9. The summed E-state index contributed by atoms with van der Waals surface area (Å²) in [5.74, 6) is 0.233. The monoisotopic (exact) mass is 296 g/mol. The summed E-state index contributed by atoms with van der Waals surface area (Å²) in [7, 11) is 0. The summed E-state index contributed by atoms with van der Waals surface area (Å²) in [5, 5.41) is 14.6. The predicted molar refractivity (Wildman–Crippen MR) is 74.8 cm³/mol. The van der Waals surface area contributed by atoms with E-state index in [1.165, 1.54) is 12.4 Å². The molecule has 0 saturated carbocycles. The maximum Gasteiger partial charge on any atom is 0.410 e. The molecular weight excluding hydrogens is 276 g/mol. The van der Waals surface area contributed by atoms with Gasteiger partial charge in [0.25, 0.3) is 0 Å². The van der Waals surface area contributed by atoms with Crippen molar-refractivity contribution < 1.29 is 14.5 Å². The number of aromatic nitrogens is 2. The van der Waals surface area contributed by atoms with E-state index in [4.69, 9.17) is 4.74 Å². The van der Waals surface area contributed by atoms with E-state index in [-0.39, 0.29) is 17.7 Å². The summed E-state index contributed by atoms with van der Waals surface area (Å²) in [6.45, 7) is 7.29. The van der Waals surface area contributed by atoms with Crippen LogP contribution < -0.4 is 0 Å². The van der Waals surface area contributed by atoms with E-state index in [2.05, 4.69) is 5.10 Å². The van der Waals surface area contributed by atoms with Gasteiger partial charge < -0.3 is 9.64 Å². The van der Waals surface area contributed by atoms with Gasteiger partial charge in [-0.25, -0.2) is 4.79 Å². The molecule has 8 heteroatoms. The van der Waals surface area contributed by atoms with Crippen LogP contribution in [0.15, 0.2) is 12.4 Å². The molecule has 1 aromatic rings. The third-order valence-electron chi connectivity index (χ3n) is 3.21. The van der Waals surface area contributed by atoms with Crippen LogP contribution in [0.1, 0.15) is 27.2 Å². The van der Waals surface area contributed by atoms with E-state index < -0.39 is 10.5 Å². The summed E-state index contributed by atoms with van der Waals surface area (Å²) >= 11 is 0. The van der Waals surface area contributed by atoms with Crippen LogP contribution in [0.5, 0.6) is 0 Å². The normalized spacial score (nSPS) is 18.8. The van der Waals surface area contributed by atoms with Gasteiger partial charge >= 0.3 is 11.8 Å².